The van der Waals surface area contributed by atoms with E-state index in [9.17, 15) is 25.5 Å². The Morgan fingerprint density at radius 2 is 1.67 bits per heavy atom. The van der Waals surface area contributed by atoms with Crippen molar-refractivity contribution in [1.82, 2.24) is 0 Å². The second-order valence-corrected chi connectivity index (χ2v) is 12.7. The maximum absolute atomic E-state index is 11.3. The van der Waals surface area contributed by atoms with Gasteiger partial charge in [0.2, 0.25) is 0 Å². The van der Waals surface area contributed by atoms with E-state index in [1.54, 1.807) is 0 Å². The largest absolute Gasteiger partial charge is 0.394 e. The molecule has 7 nitrogen and oxygen atoms in total. The van der Waals surface area contributed by atoms with Crippen molar-refractivity contribution < 1.29 is 35.0 Å². The summed E-state index contributed by atoms with van der Waals surface area (Å²) in [5, 5.41) is 51.7. The van der Waals surface area contributed by atoms with Gasteiger partial charge in [-0.3, -0.25) is 0 Å². The van der Waals surface area contributed by atoms with Crippen molar-refractivity contribution in [3.05, 3.63) is 12.2 Å². The number of aliphatic hydroxyl groups excluding tert-OH is 5. The monoisotopic (exact) mass is 466 g/mol. The number of ether oxygens (including phenoxy) is 2. The Kier molecular flexibility index (Phi) is 5.85. The molecule has 1 spiro atoms. The molecular formula is C26H42O7. The normalized spacial score (nSPS) is 55.7. The van der Waals surface area contributed by atoms with Gasteiger partial charge in [0.1, 0.15) is 24.4 Å². The number of fused-ring (bicyclic) bond motifs is 3. The van der Waals surface area contributed by atoms with E-state index < -0.39 is 43.4 Å². The predicted molar refractivity (Wildman–Crippen MR) is 121 cm³/mol. The molecule has 4 aliphatic carbocycles. The van der Waals surface area contributed by atoms with E-state index in [1.165, 1.54) is 0 Å². The van der Waals surface area contributed by atoms with E-state index in [0.29, 0.717) is 17.8 Å². The lowest BCUT2D eigenvalue weighted by molar-refractivity contribution is -0.322. The fourth-order valence-corrected chi connectivity index (χ4v) is 9.28. The van der Waals surface area contributed by atoms with Crippen LogP contribution < -0.4 is 0 Å². The third kappa shape index (κ3) is 3.41. The van der Waals surface area contributed by atoms with Gasteiger partial charge >= 0.3 is 0 Å². The summed E-state index contributed by atoms with van der Waals surface area (Å²) in [7, 11) is 0. The molecule has 5 rings (SSSR count). The van der Waals surface area contributed by atoms with Crippen LogP contribution in [-0.4, -0.2) is 75.1 Å². The molecule has 0 aromatic heterocycles. The Hall–Kier alpha value is -0.540. The summed E-state index contributed by atoms with van der Waals surface area (Å²) in [6.07, 6.45) is 0.0520. The first-order valence-electron chi connectivity index (χ1n) is 12.8. The van der Waals surface area contributed by atoms with Gasteiger partial charge in [-0.25, -0.2) is 0 Å². The summed E-state index contributed by atoms with van der Waals surface area (Å²) in [5.74, 6) is 1.33. The van der Waals surface area contributed by atoms with Crippen molar-refractivity contribution in [2.24, 2.45) is 34.0 Å². The molecule has 33 heavy (non-hydrogen) atoms. The van der Waals surface area contributed by atoms with E-state index in [2.05, 4.69) is 27.4 Å². The second-order valence-electron chi connectivity index (χ2n) is 12.7. The summed E-state index contributed by atoms with van der Waals surface area (Å²) in [6, 6.07) is 0. The molecule has 5 N–H and O–H groups in total. The minimum atomic E-state index is -1.44. The number of hydrogen-bond acceptors (Lipinski definition) is 7. The van der Waals surface area contributed by atoms with Crippen LogP contribution in [0.15, 0.2) is 12.2 Å². The zero-order valence-corrected chi connectivity index (χ0v) is 20.2. The van der Waals surface area contributed by atoms with Gasteiger partial charge < -0.3 is 35.0 Å². The van der Waals surface area contributed by atoms with Crippen molar-refractivity contribution in [2.75, 3.05) is 6.61 Å². The van der Waals surface area contributed by atoms with E-state index in [4.69, 9.17) is 9.47 Å². The minimum Gasteiger partial charge on any atom is -0.394 e. The van der Waals surface area contributed by atoms with Gasteiger partial charge in [0.05, 0.1) is 18.8 Å². The zero-order valence-electron chi connectivity index (χ0n) is 20.2. The molecule has 12 atom stereocenters. The van der Waals surface area contributed by atoms with Gasteiger partial charge in [-0.15, -0.1) is 0 Å². The molecule has 5 fully saturated rings. The highest BCUT2D eigenvalue weighted by atomic mass is 16.7. The average molecular weight is 467 g/mol. The lowest BCUT2D eigenvalue weighted by Gasteiger charge is -2.65. The van der Waals surface area contributed by atoms with Crippen LogP contribution >= 0.6 is 0 Å². The Bertz CT molecular complexity index is 783. The SMILES string of the molecule is C=C1[C@H]2CC[C@@H]3[C@@]4(C)C[C@@H](O[C@@H]5O[C@H](CO)[C@@H](O)[C@H](O)[C@H]5O)CC(C)(C)[C@@H]4CC[C@@]3(C2)[C@@H]1O. The highest BCUT2D eigenvalue weighted by molar-refractivity contribution is 5.27. The number of aliphatic hydroxyl groups is 5. The molecule has 1 saturated heterocycles. The molecule has 5 aliphatic rings. The van der Waals surface area contributed by atoms with Gasteiger partial charge in [0.25, 0.3) is 0 Å². The molecule has 188 valence electrons. The highest BCUT2D eigenvalue weighted by Crippen LogP contribution is 2.72. The quantitative estimate of drug-likeness (QED) is 0.317. The Morgan fingerprint density at radius 1 is 0.939 bits per heavy atom. The Labute approximate surface area is 196 Å². The van der Waals surface area contributed by atoms with Gasteiger partial charge in [-0.1, -0.05) is 27.4 Å². The van der Waals surface area contributed by atoms with Crippen molar-refractivity contribution in [1.29, 1.82) is 0 Å². The lowest BCUT2D eigenvalue weighted by atomic mass is 9.40. The van der Waals surface area contributed by atoms with Crippen LogP contribution in [-0.2, 0) is 9.47 Å². The minimum absolute atomic E-state index is 0.00478. The van der Waals surface area contributed by atoms with Crippen LogP contribution in [0.1, 0.15) is 65.7 Å². The first-order chi connectivity index (χ1) is 15.4. The third-order valence-electron chi connectivity index (χ3n) is 10.6. The summed E-state index contributed by atoms with van der Waals surface area (Å²) in [4.78, 5) is 0. The van der Waals surface area contributed by atoms with Gasteiger partial charge in [-0.2, -0.15) is 0 Å². The highest BCUT2D eigenvalue weighted by Gasteiger charge is 2.67. The molecule has 0 aromatic carbocycles. The molecule has 0 aromatic rings. The van der Waals surface area contributed by atoms with E-state index >= 15 is 0 Å². The fraction of sp³-hybridized carbons (Fsp3) is 0.923. The Morgan fingerprint density at radius 3 is 2.36 bits per heavy atom. The summed E-state index contributed by atoms with van der Waals surface area (Å²) in [6.45, 7) is 10.8. The standard InChI is InChI=1S/C26H42O7/c1-13-14-5-6-18-25(4)11-15(32-23-21(30)20(29)19(28)16(12-27)33-23)10-24(2,3)17(25)7-8-26(18,9-14)22(13)31/h14-23,27-31H,1,5-12H2,2-4H3/t14-,15-,16+,17-,18+,19+,20-,21+,22+,23+,25-,26-/m0/s1. The molecule has 0 amide bonds. The molecule has 0 unspecified atom stereocenters. The van der Waals surface area contributed by atoms with Crippen LogP contribution in [0.2, 0.25) is 0 Å². The van der Waals surface area contributed by atoms with Gasteiger partial charge in [0, 0.05) is 5.41 Å². The van der Waals surface area contributed by atoms with Crippen molar-refractivity contribution >= 4 is 0 Å². The lowest BCUT2D eigenvalue weighted by Crippen LogP contribution is -2.62. The van der Waals surface area contributed by atoms with Crippen LogP contribution in [0.5, 0.6) is 0 Å². The summed E-state index contributed by atoms with van der Waals surface area (Å²) < 4.78 is 12.0. The predicted octanol–water partition coefficient (Wildman–Crippen LogP) is 1.74. The molecule has 1 aliphatic heterocycles. The summed E-state index contributed by atoms with van der Waals surface area (Å²) in [5.41, 5.74) is 0.913. The van der Waals surface area contributed by atoms with Crippen LogP contribution in [0.4, 0.5) is 0 Å². The van der Waals surface area contributed by atoms with E-state index in [-0.39, 0.29) is 22.3 Å². The smallest absolute Gasteiger partial charge is 0.186 e. The molecule has 1 heterocycles. The molecular weight excluding hydrogens is 424 g/mol. The van der Waals surface area contributed by atoms with E-state index in [1.807, 2.05) is 0 Å². The van der Waals surface area contributed by atoms with Crippen LogP contribution in [0.25, 0.3) is 0 Å². The summed E-state index contributed by atoms with van der Waals surface area (Å²) >= 11 is 0. The van der Waals surface area contributed by atoms with Crippen LogP contribution in [0.3, 0.4) is 0 Å². The first kappa shape index (κ1) is 24.2. The van der Waals surface area contributed by atoms with Crippen LogP contribution in [0, 0.1) is 34.0 Å². The van der Waals surface area contributed by atoms with Crippen molar-refractivity contribution in [3.63, 3.8) is 0 Å². The topological polar surface area (TPSA) is 120 Å². The molecule has 2 bridgehead atoms. The van der Waals surface area contributed by atoms with E-state index in [0.717, 1.165) is 50.5 Å². The maximum Gasteiger partial charge on any atom is 0.186 e. The zero-order chi connectivity index (χ0) is 23.9. The third-order valence-corrected chi connectivity index (χ3v) is 10.6. The molecule has 4 saturated carbocycles. The second kappa shape index (κ2) is 7.99. The fourth-order valence-electron chi connectivity index (χ4n) is 9.28. The average Bonchev–Trinajstić information content (AvgIpc) is 2.93. The van der Waals surface area contributed by atoms with Crippen molar-refractivity contribution in [3.8, 4) is 0 Å². The van der Waals surface area contributed by atoms with Crippen molar-refractivity contribution in [2.45, 2.75) is 109 Å². The molecule has 7 heteroatoms. The van der Waals surface area contributed by atoms with Gasteiger partial charge in [0.15, 0.2) is 6.29 Å². The van der Waals surface area contributed by atoms with Gasteiger partial charge in [-0.05, 0) is 79.1 Å². The number of hydrogen-bond donors (Lipinski definition) is 5. The molecule has 0 radical (unpaired) electrons. The maximum atomic E-state index is 11.3. The Balaban J connectivity index is 1.41. The first-order valence-corrected chi connectivity index (χ1v) is 12.8. The number of rotatable bonds is 3.